The van der Waals surface area contributed by atoms with Crippen molar-refractivity contribution in [1.29, 1.82) is 0 Å². The molecule has 136 valence electrons. The fraction of sp³-hybridized carbons (Fsp3) is 0.333. The average Bonchev–Trinajstić information content (AvgIpc) is 2.90. The number of carbonyl (C=O) groups excluding carboxylic acids is 2. The summed E-state index contributed by atoms with van der Waals surface area (Å²) in [4.78, 5) is 26.4. The fourth-order valence-corrected chi connectivity index (χ4v) is 3.80. The molecule has 1 unspecified atom stereocenters. The maximum absolute atomic E-state index is 12.7. The van der Waals surface area contributed by atoms with Gasteiger partial charge in [-0.15, -0.1) is 0 Å². The van der Waals surface area contributed by atoms with Gasteiger partial charge in [-0.1, -0.05) is 31.5 Å². The zero-order chi connectivity index (χ0) is 18.7. The van der Waals surface area contributed by atoms with Gasteiger partial charge in [0, 0.05) is 5.69 Å². The molecule has 2 aromatic carbocycles. The van der Waals surface area contributed by atoms with Crippen molar-refractivity contribution >= 4 is 34.3 Å². The minimum Gasteiger partial charge on any atom is -0.365 e. The Bertz CT molecular complexity index is 817. The Kier molecular flexibility index (Phi) is 5.67. The number of imide groups is 1. The average molecular weight is 369 g/mol. The largest absolute Gasteiger partial charge is 0.365 e. The molecular formula is C21H24N2O2S. The van der Waals surface area contributed by atoms with Gasteiger partial charge < -0.3 is 5.32 Å². The topological polar surface area (TPSA) is 49.4 Å². The molecule has 0 spiro atoms. The Balaban J connectivity index is 1.71. The second kappa shape index (κ2) is 7.96. The van der Waals surface area contributed by atoms with E-state index in [1.54, 1.807) is 0 Å². The molecule has 2 aromatic rings. The number of unbranched alkanes of at least 4 members (excludes halogenated alkanes) is 1. The summed E-state index contributed by atoms with van der Waals surface area (Å²) in [5.74, 6) is -0.224. The van der Waals surface area contributed by atoms with Gasteiger partial charge in [0.15, 0.2) is 5.37 Å². The minimum absolute atomic E-state index is 0.224. The molecule has 1 saturated heterocycles. The number of hydrogen-bond acceptors (Lipinski definition) is 4. The van der Waals surface area contributed by atoms with Crippen LogP contribution in [0.15, 0.2) is 42.5 Å². The molecule has 0 aliphatic carbocycles. The van der Waals surface area contributed by atoms with Gasteiger partial charge >= 0.3 is 0 Å². The first-order valence-corrected chi connectivity index (χ1v) is 9.85. The van der Waals surface area contributed by atoms with Gasteiger partial charge in [-0.05, 0) is 79.4 Å². The fourth-order valence-electron chi connectivity index (χ4n) is 2.90. The van der Waals surface area contributed by atoms with E-state index in [0.717, 1.165) is 35.0 Å². The van der Waals surface area contributed by atoms with Crippen molar-refractivity contribution in [2.45, 2.75) is 45.4 Å². The number of rotatable bonds is 6. The highest BCUT2D eigenvalue weighted by Gasteiger charge is 2.40. The summed E-state index contributed by atoms with van der Waals surface area (Å²) >= 11 is 1.03. The van der Waals surface area contributed by atoms with Gasteiger partial charge in [-0.2, -0.15) is 0 Å². The predicted molar refractivity (Wildman–Crippen MR) is 109 cm³/mol. The number of anilines is 2. The number of carbonyl (C=O) groups is 2. The van der Waals surface area contributed by atoms with E-state index in [1.807, 2.05) is 44.2 Å². The Labute approximate surface area is 159 Å². The van der Waals surface area contributed by atoms with E-state index >= 15 is 0 Å². The molecule has 1 aliphatic rings. The van der Waals surface area contributed by atoms with Crippen molar-refractivity contribution in [2.24, 2.45) is 0 Å². The van der Waals surface area contributed by atoms with Gasteiger partial charge in [-0.25, -0.2) is 4.90 Å². The van der Waals surface area contributed by atoms with Crippen LogP contribution in [-0.2, 0) is 11.2 Å². The number of hydrogen-bond donors (Lipinski definition) is 1. The molecule has 1 atom stereocenters. The normalized spacial score (nSPS) is 17.0. The quantitative estimate of drug-likeness (QED) is 0.753. The number of aryl methyl sites for hydroxylation is 3. The molecule has 26 heavy (non-hydrogen) atoms. The van der Waals surface area contributed by atoms with Crippen LogP contribution in [-0.4, -0.2) is 16.5 Å². The van der Waals surface area contributed by atoms with Crippen LogP contribution in [0, 0.1) is 13.8 Å². The number of nitrogens with zero attached hydrogens (tertiary/aromatic N) is 1. The summed E-state index contributed by atoms with van der Waals surface area (Å²) < 4.78 is 0. The molecule has 0 saturated carbocycles. The van der Waals surface area contributed by atoms with Gasteiger partial charge in [0.25, 0.3) is 11.1 Å². The molecule has 5 heteroatoms. The van der Waals surface area contributed by atoms with Gasteiger partial charge in [0.05, 0.1) is 5.69 Å². The lowest BCUT2D eigenvalue weighted by Gasteiger charge is -2.16. The predicted octanol–water partition coefficient (Wildman–Crippen LogP) is 5.28. The van der Waals surface area contributed by atoms with Crippen LogP contribution in [0.4, 0.5) is 16.2 Å². The minimum atomic E-state index is -0.592. The van der Waals surface area contributed by atoms with Gasteiger partial charge in [0.2, 0.25) is 0 Å². The van der Waals surface area contributed by atoms with Crippen LogP contribution in [0.1, 0.15) is 36.5 Å². The van der Waals surface area contributed by atoms with Crippen LogP contribution >= 0.6 is 11.8 Å². The molecule has 0 aromatic heterocycles. The van der Waals surface area contributed by atoms with Crippen molar-refractivity contribution in [3.63, 3.8) is 0 Å². The van der Waals surface area contributed by atoms with Crippen molar-refractivity contribution < 1.29 is 9.59 Å². The third-order valence-electron chi connectivity index (χ3n) is 4.67. The smallest absolute Gasteiger partial charge is 0.295 e. The zero-order valence-electron chi connectivity index (χ0n) is 15.4. The van der Waals surface area contributed by atoms with Crippen LogP contribution < -0.4 is 10.2 Å². The summed E-state index contributed by atoms with van der Waals surface area (Å²) in [5, 5.41) is 2.35. The number of amides is 2. The molecule has 3 rings (SSSR count). The summed E-state index contributed by atoms with van der Waals surface area (Å²) in [7, 11) is 0. The molecule has 2 amide bonds. The first-order valence-electron chi connectivity index (χ1n) is 8.97. The summed E-state index contributed by atoms with van der Waals surface area (Å²) in [6.45, 7) is 6.17. The summed E-state index contributed by atoms with van der Waals surface area (Å²) in [6.07, 6.45) is 3.40. The van der Waals surface area contributed by atoms with Crippen LogP contribution in [0.5, 0.6) is 0 Å². The van der Waals surface area contributed by atoms with Crippen molar-refractivity contribution in [1.82, 2.24) is 0 Å². The van der Waals surface area contributed by atoms with Gasteiger partial charge in [0.1, 0.15) is 0 Å². The lowest BCUT2D eigenvalue weighted by molar-refractivity contribution is -0.116. The Morgan fingerprint density at radius 1 is 1.04 bits per heavy atom. The molecule has 1 fully saturated rings. The molecule has 1 heterocycles. The van der Waals surface area contributed by atoms with Crippen LogP contribution in [0.25, 0.3) is 0 Å². The van der Waals surface area contributed by atoms with E-state index in [9.17, 15) is 9.59 Å². The highest BCUT2D eigenvalue weighted by molar-refractivity contribution is 8.16. The van der Waals surface area contributed by atoms with Crippen LogP contribution in [0.3, 0.4) is 0 Å². The monoisotopic (exact) mass is 368 g/mol. The lowest BCUT2D eigenvalue weighted by Crippen LogP contribution is -2.34. The highest BCUT2D eigenvalue weighted by Crippen LogP contribution is 2.33. The SMILES string of the molecule is CCCCc1ccc(NC2SC(=O)N(c3ccc(C)c(C)c3)C2=O)cc1. The van der Waals surface area contributed by atoms with E-state index in [2.05, 4.69) is 24.4 Å². The van der Waals surface area contributed by atoms with E-state index in [-0.39, 0.29) is 11.1 Å². The second-order valence-electron chi connectivity index (χ2n) is 6.65. The van der Waals surface area contributed by atoms with E-state index in [4.69, 9.17) is 0 Å². The molecular weight excluding hydrogens is 344 g/mol. The van der Waals surface area contributed by atoms with E-state index in [0.29, 0.717) is 5.69 Å². The summed E-state index contributed by atoms with van der Waals surface area (Å²) in [6, 6.07) is 13.7. The van der Waals surface area contributed by atoms with Crippen molar-refractivity contribution in [3.8, 4) is 0 Å². The first-order chi connectivity index (χ1) is 12.5. The molecule has 0 radical (unpaired) electrons. The highest BCUT2D eigenvalue weighted by atomic mass is 32.2. The third-order valence-corrected chi connectivity index (χ3v) is 5.60. The number of nitrogens with one attached hydrogen (secondary N) is 1. The Morgan fingerprint density at radius 2 is 1.77 bits per heavy atom. The number of thioether (sulfide) groups is 1. The van der Waals surface area contributed by atoms with E-state index < -0.39 is 5.37 Å². The molecule has 1 N–H and O–H groups in total. The summed E-state index contributed by atoms with van der Waals surface area (Å²) in [5.41, 5.74) is 4.97. The maximum atomic E-state index is 12.7. The molecule has 1 aliphatic heterocycles. The van der Waals surface area contributed by atoms with Crippen molar-refractivity contribution in [2.75, 3.05) is 10.2 Å². The van der Waals surface area contributed by atoms with Crippen LogP contribution in [0.2, 0.25) is 0 Å². The Morgan fingerprint density at radius 3 is 2.42 bits per heavy atom. The van der Waals surface area contributed by atoms with Gasteiger partial charge in [-0.3, -0.25) is 9.59 Å². The molecule has 4 nitrogen and oxygen atoms in total. The number of benzene rings is 2. The lowest BCUT2D eigenvalue weighted by atomic mass is 10.1. The maximum Gasteiger partial charge on any atom is 0.295 e. The van der Waals surface area contributed by atoms with E-state index in [1.165, 1.54) is 23.3 Å². The molecule has 0 bridgehead atoms. The Hall–Kier alpha value is -2.27. The third kappa shape index (κ3) is 3.93. The standard InChI is InChI=1S/C21H24N2O2S/c1-4-5-6-16-8-10-17(11-9-16)22-19-20(24)23(21(25)26-19)18-12-7-14(2)15(3)13-18/h7-13,19,22H,4-6H2,1-3H3. The first kappa shape index (κ1) is 18.5. The second-order valence-corrected chi connectivity index (χ2v) is 7.71. The zero-order valence-corrected chi connectivity index (χ0v) is 16.2. The van der Waals surface area contributed by atoms with Crippen molar-refractivity contribution in [3.05, 3.63) is 59.2 Å².